The van der Waals surface area contributed by atoms with Gasteiger partial charge in [-0.3, -0.25) is 5.43 Å². The van der Waals surface area contributed by atoms with Gasteiger partial charge in [0.05, 0.1) is 24.3 Å². The van der Waals surface area contributed by atoms with E-state index in [0.29, 0.717) is 13.1 Å². The Morgan fingerprint density at radius 1 is 1.29 bits per heavy atom. The van der Waals surface area contributed by atoms with Gasteiger partial charge in [-0.1, -0.05) is 0 Å². The van der Waals surface area contributed by atoms with Gasteiger partial charge >= 0.3 is 6.03 Å². The molecule has 1 aliphatic heterocycles. The van der Waals surface area contributed by atoms with Gasteiger partial charge in [0, 0.05) is 0 Å². The van der Waals surface area contributed by atoms with Gasteiger partial charge in [-0.15, -0.1) is 0 Å². The summed E-state index contributed by atoms with van der Waals surface area (Å²) in [7, 11) is 0. The maximum Gasteiger partial charge on any atom is 0.331 e. The molecule has 3 N–H and O–H groups in total. The van der Waals surface area contributed by atoms with E-state index in [-0.39, 0.29) is 17.2 Å². The number of nitrogens with two attached hydrogens (primary N) is 1. The molecule has 5 heteroatoms. The highest BCUT2D eigenvalue weighted by atomic mass is 16.5. The summed E-state index contributed by atoms with van der Waals surface area (Å²) >= 11 is 0. The molecular weight excluding hydrogens is 182 g/mol. The molecular formula is C9H19N3O2. The molecule has 0 saturated carbocycles. The average molecular weight is 201 g/mol. The number of nitrogens with zero attached hydrogens (tertiary/aromatic N) is 1. The lowest BCUT2D eigenvalue weighted by atomic mass is 9.99. The Bertz CT molecular complexity index is 222. The molecule has 1 aliphatic rings. The standard InChI is InChI=1S/C9H19N3O2/c1-8(2)5-12(7(13)11-10)6-9(3,4)14-8/h5-6,10H2,1-4H3,(H,11,13). The number of amides is 2. The molecule has 14 heavy (non-hydrogen) atoms. The van der Waals surface area contributed by atoms with Crippen LogP contribution in [0.3, 0.4) is 0 Å². The summed E-state index contributed by atoms with van der Waals surface area (Å²) in [5.41, 5.74) is 1.49. The predicted octanol–water partition coefficient (Wildman–Crippen LogP) is 0.459. The van der Waals surface area contributed by atoms with Crippen LogP contribution in [0.15, 0.2) is 0 Å². The number of rotatable bonds is 0. The van der Waals surface area contributed by atoms with Gasteiger partial charge in [0.15, 0.2) is 0 Å². The first-order chi connectivity index (χ1) is 6.26. The van der Waals surface area contributed by atoms with Crippen LogP contribution in [0.1, 0.15) is 27.7 Å². The van der Waals surface area contributed by atoms with E-state index in [1.807, 2.05) is 27.7 Å². The largest absolute Gasteiger partial charge is 0.366 e. The minimum atomic E-state index is -0.325. The number of carbonyl (C=O) groups excluding carboxylic acids is 1. The number of hydrogen-bond donors (Lipinski definition) is 2. The van der Waals surface area contributed by atoms with E-state index < -0.39 is 0 Å². The molecule has 2 amide bonds. The van der Waals surface area contributed by atoms with Crippen LogP contribution in [0.4, 0.5) is 4.79 Å². The van der Waals surface area contributed by atoms with E-state index in [1.165, 1.54) is 0 Å². The summed E-state index contributed by atoms with van der Waals surface area (Å²) in [6, 6.07) is -0.255. The van der Waals surface area contributed by atoms with E-state index >= 15 is 0 Å². The second kappa shape index (κ2) is 3.40. The zero-order valence-corrected chi connectivity index (χ0v) is 9.26. The lowest BCUT2D eigenvalue weighted by Crippen LogP contribution is -2.61. The molecule has 0 bridgehead atoms. The molecule has 5 nitrogen and oxygen atoms in total. The van der Waals surface area contributed by atoms with Gasteiger partial charge in [-0.25, -0.2) is 10.6 Å². The van der Waals surface area contributed by atoms with Crippen molar-refractivity contribution in [2.75, 3.05) is 13.1 Å². The van der Waals surface area contributed by atoms with Gasteiger partial charge in [0.25, 0.3) is 0 Å². The highest BCUT2D eigenvalue weighted by molar-refractivity contribution is 5.73. The quantitative estimate of drug-likeness (QED) is 0.340. The number of hydrazine groups is 1. The second-order valence-corrected chi connectivity index (χ2v) is 4.93. The highest BCUT2D eigenvalue weighted by Gasteiger charge is 2.39. The Morgan fingerprint density at radius 3 is 2.07 bits per heavy atom. The first-order valence-electron chi connectivity index (χ1n) is 4.71. The fraction of sp³-hybridized carbons (Fsp3) is 0.889. The van der Waals surface area contributed by atoms with Crippen LogP contribution in [0, 0.1) is 0 Å². The van der Waals surface area contributed by atoms with E-state index in [4.69, 9.17) is 10.6 Å². The van der Waals surface area contributed by atoms with E-state index in [2.05, 4.69) is 5.43 Å². The first-order valence-corrected chi connectivity index (χ1v) is 4.71. The molecule has 1 fully saturated rings. The zero-order valence-electron chi connectivity index (χ0n) is 9.26. The topological polar surface area (TPSA) is 67.6 Å². The second-order valence-electron chi connectivity index (χ2n) is 4.93. The van der Waals surface area contributed by atoms with Crippen molar-refractivity contribution in [2.45, 2.75) is 38.9 Å². The number of ether oxygens (including phenoxy) is 1. The summed E-state index contributed by atoms with van der Waals surface area (Å²) in [6.07, 6.45) is 0. The first kappa shape index (κ1) is 11.3. The summed E-state index contributed by atoms with van der Waals surface area (Å²) in [5.74, 6) is 5.10. The highest BCUT2D eigenvalue weighted by Crippen LogP contribution is 2.27. The smallest absolute Gasteiger partial charge is 0.331 e. The maximum absolute atomic E-state index is 11.4. The van der Waals surface area contributed by atoms with Crippen molar-refractivity contribution in [3.05, 3.63) is 0 Å². The van der Waals surface area contributed by atoms with Crippen LogP contribution in [-0.4, -0.2) is 35.2 Å². The molecule has 0 aliphatic carbocycles. The van der Waals surface area contributed by atoms with Crippen molar-refractivity contribution in [1.82, 2.24) is 10.3 Å². The molecule has 0 unspecified atom stereocenters. The Balaban J connectivity index is 2.76. The normalized spacial score (nSPS) is 24.5. The lowest BCUT2D eigenvalue weighted by Gasteiger charge is -2.46. The van der Waals surface area contributed by atoms with Crippen molar-refractivity contribution >= 4 is 6.03 Å². The average Bonchev–Trinajstić information content (AvgIpc) is 1.97. The molecule has 1 rings (SSSR count). The Kier molecular flexibility index (Phi) is 2.74. The third-order valence-corrected chi connectivity index (χ3v) is 2.11. The summed E-state index contributed by atoms with van der Waals surface area (Å²) in [4.78, 5) is 13.0. The minimum Gasteiger partial charge on any atom is -0.366 e. The van der Waals surface area contributed by atoms with Crippen molar-refractivity contribution < 1.29 is 9.53 Å². The maximum atomic E-state index is 11.4. The van der Waals surface area contributed by atoms with Gasteiger partial charge in [0.2, 0.25) is 0 Å². The van der Waals surface area contributed by atoms with Gasteiger partial charge < -0.3 is 9.64 Å². The molecule has 0 spiro atoms. The van der Waals surface area contributed by atoms with Crippen molar-refractivity contribution in [3.8, 4) is 0 Å². The summed E-state index contributed by atoms with van der Waals surface area (Å²) < 4.78 is 5.82. The number of urea groups is 1. The molecule has 0 atom stereocenters. The molecule has 1 saturated heterocycles. The molecule has 0 radical (unpaired) electrons. The third kappa shape index (κ3) is 2.59. The molecule has 82 valence electrons. The van der Waals surface area contributed by atoms with Gasteiger partial charge in [-0.05, 0) is 27.7 Å². The molecule has 0 aromatic rings. The zero-order chi connectivity index (χ0) is 11.0. The van der Waals surface area contributed by atoms with E-state index in [9.17, 15) is 4.79 Å². The van der Waals surface area contributed by atoms with Crippen LogP contribution < -0.4 is 11.3 Å². The van der Waals surface area contributed by atoms with Crippen molar-refractivity contribution in [2.24, 2.45) is 5.84 Å². The molecule has 1 heterocycles. The summed E-state index contributed by atoms with van der Waals surface area (Å²) in [6.45, 7) is 8.96. The lowest BCUT2D eigenvalue weighted by molar-refractivity contribution is -0.170. The Hall–Kier alpha value is -0.810. The molecule has 0 aromatic heterocycles. The van der Waals surface area contributed by atoms with Gasteiger partial charge in [0.1, 0.15) is 0 Å². The Labute approximate surface area is 84.5 Å². The van der Waals surface area contributed by atoms with Crippen LogP contribution >= 0.6 is 0 Å². The minimum absolute atomic E-state index is 0.255. The monoisotopic (exact) mass is 201 g/mol. The number of hydrogen-bond acceptors (Lipinski definition) is 3. The Morgan fingerprint density at radius 2 is 1.71 bits per heavy atom. The van der Waals surface area contributed by atoms with Crippen molar-refractivity contribution in [1.29, 1.82) is 0 Å². The fourth-order valence-corrected chi connectivity index (χ4v) is 2.02. The van der Waals surface area contributed by atoms with Crippen LogP contribution in [0.2, 0.25) is 0 Å². The van der Waals surface area contributed by atoms with Crippen molar-refractivity contribution in [3.63, 3.8) is 0 Å². The number of nitrogens with one attached hydrogen (secondary N) is 1. The number of carbonyl (C=O) groups is 1. The van der Waals surface area contributed by atoms with Crippen LogP contribution in [0.25, 0.3) is 0 Å². The van der Waals surface area contributed by atoms with Crippen LogP contribution in [0.5, 0.6) is 0 Å². The third-order valence-electron chi connectivity index (χ3n) is 2.11. The van der Waals surface area contributed by atoms with E-state index in [0.717, 1.165) is 0 Å². The van der Waals surface area contributed by atoms with Gasteiger partial charge in [-0.2, -0.15) is 0 Å². The number of morpholine rings is 1. The predicted molar refractivity (Wildman–Crippen MR) is 53.5 cm³/mol. The van der Waals surface area contributed by atoms with E-state index in [1.54, 1.807) is 4.90 Å². The van der Waals surface area contributed by atoms with Crippen LogP contribution in [-0.2, 0) is 4.74 Å². The SMILES string of the molecule is CC1(C)CN(C(=O)NN)CC(C)(C)O1. The summed E-state index contributed by atoms with van der Waals surface area (Å²) in [5, 5.41) is 0. The molecule has 0 aromatic carbocycles. The fourth-order valence-electron chi connectivity index (χ4n) is 2.02.